The molecule has 9 heteroatoms. The average Bonchev–Trinajstić information content (AvgIpc) is 3.70. The molecule has 4 rings (SSSR count). The summed E-state index contributed by atoms with van der Waals surface area (Å²) in [5.74, 6) is -0.0257. The van der Waals surface area contributed by atoms with Crippen molar-refractivity contribution in [1.82, 2.24) is 0 Å². The summed E-state index contributed by atoms with van der Waals surface area (Å²) in [6.07, 6.45) is -1.37. The largest absolute Gasteiger partial charge is 0.392 e. The molecule has 1 saturated heterocycles. The summed E-state index contributed by atoms with van der Waals surface area (Å²) < 4.78 is 4.83. The van der Waals surface area contributed by atoms with E-state index in [1.807, 2.05) is 105 Å². The molecule has 3 aromatic rings. The molecule has 1 aliphatic rings. The van der Waals surface area contributed by atoms with Crippen molar-refractivity contribution in [2.45, 2.75) is 91.1 Å². The van der Waals surface area contributed by atoms with Crippen LogP contribution in [0.5, 0.6) is 0 Å². The molecule has 2 N–H and O–H groups in total. The maximum absolute atomic E-state index is 11.2. The number of epoxide rings is 1. The van der Waals surface area contributed by atoms with E-state index in [1.165, 1.54) is 37.4 Å². The van der Waals surface area contributed by atoms with Gasteiger partial charge in [-0.05, 0) is 77.9 Å². The van der Waals surface area contributed by atoms with Crippen molar-refractivity contribution < 1.29 is 29.3 Å². The number of carbonyl (C=O) groups is 3. The second-order valence-corrected chi connectivity index (χ2v) is 12.8. The molecule has 0 aromatic heterocycles. The third kappa shape index (κ3) is 16.3. The highest BCUT2D eigenvalue weighted by Gasteiger charge is 2.38. The number of thioether (sulfide) groups is 2. The fraction of sp³-hybridized carbons (Fsp3) is 0.364. The Morgan fingerprint density at radius 1 is 0.738 bits per heavy atom. The van der Waals surface area contributed by atoms with Gasteiger partial charge in [-0.25, -0.2) is 0 Å². The third-order valence-electron chi connectivity index (χ3n) is 5.64. The molecule has 1 heterocycles. The smallest absolute Gasteiger partial charge is 0.161 e. The van der Waals surface area contributed by atoms with Crippen LogP contribution >= 0.6 is 36.2 Å². The Morgan fingerprint density at radius 2 is 1.14 bits per heavy atom. The van der Waals surface area contributed by atoms with Gasteiger partial charge in [0.15, 0.2) is 11.6 Å². The molecule has 0 bridgehead atoms. The van der Waals surface area contributed by atoms with E-state index in [2.05, 4.69) is 12.6 Å². The molecule has 6 nitrogen and oxygen atoms in total. The van der Waals surface area contributed by atoms with Crippen LogP contribution in [0.4, 0.5) is 0 Å². The number of ketones is 3. The molecule has 0 aliphatic carbocycles. The number of rotatable bonds is 9. The molecule has 0 spiro atoms. The van der Waals surface area contributed by atoms with Crippen molar-refractivity contribution in [3.05, 3.63) is 91.0 Å². The van der Waals surface area contributed by atoms with E-state index in [9.17, 15) is 24.6 Å². The van der Waals surface area contributed by atoms with Gasteiger partial charge >= 0.3 is 0 Å². The Bertz CT molecular complexity index is 1190. The average molecular weight is 631 g/mol. The monoisotopic (exact) mass is 630 g/mol. The zero-order chi connectivity index (χ0) is 31.7. The first-order chi connectivity index (χ1) is 19.8. The van der Waals surface area contributed by atoms with Crippen molar-refractivity contribution in [3.8, 4) is 0 Å². The maximum Gasteiger partial charge on any atom is 0.161 e. The summed E-state index contributed by atoms with van der Waals surface area (Å²) in [5.41, 5.74) is 0. The van der Waals surface area contributed by atoms with Crippen LogP contribution in [-0.2, 0) is 19.1 Å². The first kappa shape index (κ1) is 37.6. The van der Waals surface area contributed by atoms with Gasteiger partial charge in [0.1, 0.15) is 18.0 Å². The number of Topliss-reactive ketones (excluding diaryl/α,β-unsaturated/α-hetero) is 3. The summed E-state index contributed by atoms with van der Waals surface area (Å²) in [6.45, 7) is 9.85. The van der Waals surface area contributed by atoms with Crippen LogP contribution in [0.25, 0.3) is 0 Å². The summed E-state index contributed by atoms with van der Waals surface area (Å²) in [7, 11) is 0. The number of hydrogen-bond donors (Lipinski definition) is 3. The normalized spacial score (nSPS) is 17.6. The fourth-order valence-electron chi connectivity index (χ4n) is 3.32. The summed E-state index contributed by atoms with van der Waals surface area (Å²) in [5, 5.41) is 18.4. The minimum Gasteiger partial charge on any atom is -0.392 e. The summed E-state index contributed by atoms with van der Waals surface area (Å²) >= 11 is 7.00. The van der Waals surface area contributed by atoms with Gasteiger partial charge < -0.3 is 14.9 Å². The standard InChI is InChI=1S/2C11H14O2S.C6H6S.C5H8O2/c1-8(12)11(13)9(2)14-10-6-4-3-5-7-10;1-8(12)11(9(2)13)14-10-6-4-3-5-7-10;7-6-4-2-1-3-5-6;1-3(6)5-4(2)7-5/h3-7,9,11,13H,1-2H3;3-8,11-12H,1-2H3;1-5,7H;4-5H,1-2H3/t9-,11-;8-,11+;;4-,5+/m10.0/s1. The van der Waals surface area contributed by atoms with Crippen LogP contribution in [-0.4, -0.2) is 62.5 Å². The van der Waals surface area contributed by atoms with Gasteiger partial charge in [-0.1, -0.05) is 54.6 Å². The molecule has 0 radical (unpaired) electrons. The lowest BCUT2D eigenvalue weighted by atomic mass is 10.2. The van der Waals surface area contributed by atoms with Gasteiger partial charge in [0.2, 0.25) is 0 Å². The molecule has 1 aliphatic heterocycles. The van der Waals surface area contributed by atoms with E-state index in [4.69, 9.17) is 4.74 Å². The maximum atomic E-state index is 11.2. The highest BCUT2D eigenvalue weighted by atomic mass is 32.2. The molecule has 0 unspecified atom stereocenters. The van der Waals surface area contributed by atoms with Gasteiger partial charge in [0.25, 0.3) is 0 Å². The molecule has 6 atom stereocenters. The van der Waals surface area contributed by atoms with Crippen LogP contribution in [0.3, 0.4) is 0 Å². The second-order valence-electron chi connectivity index (χ2n) is 9.60. The van der Waals surface area contributed by atoms with Crippen molar-refractivity contribution in [1.29, 1.82) is 0 Å². The topological polar surface area (TPSA) is 104 Å². The van der Waals surface area contributed by atoms with E-state index < -0.39 is 12.2 Å². The molecular formula is C33H42O6S3. The Hall–Kier alpha value is -2.40. The zero-order valence-electron chi connectivity index (χ0n) is 24.9. The number of ether oxygens (including phenoxy) is 1. The predicted octanol–water partition coefficient (Wildman–Crippen LogP) is 6.57. The zero-order valence-corrected chi connectivity index (χ0v) is 27.4. The van der Waals surface area contributed by atoms with Crippen molar-refractivity contribution >= 4 is 53.5 Å². The number of benzene rings is 3. The van der Waals surface area contributed by atoms with Crippen molar-refractivity contribution in [3.63, 3.8) is 0 Å². The van der Waals surface area contributed by atoms with E-state index >= 15 is 0 Å². The van der Waals surface area contributed by atoms with Crippen LogP contribution in [0.15, 0.2) is 106 Å². The van der Waals surface area contributed by atoms with E-state index in [0.717, 1.165) is 14.7 Å². The SMILES string of the molecule is CC(=O)[C@@H](O)[C@@H](C)Sc1ccccc1.CC(=O)[C@H](Sc1ccccc1)[C@H](C)O.CC(=O)[C@H]1O[C@H]1C.Sc1ccccc1. The highest BCUT2D eigenvalue weighted by Crippen LogP contribution is 2.26. The fourth-order valence-corrected chi connectivity index (χ4v) is 5.52. The molecule has 3 aromatic carbocycles. The van der Waals surface area contributed by atoms with Gasteiger partial charge in [-0.15, -0.1) is 36.2 Å². The van der Waals surface area contributed by atoms with Crippen LogP contribution in [0.2, 0.25) is 0 Å². The molecule has 0 amide bonds. The van der Waals surface area contributed by atoms with Crippen LogP contribution in [0, 0.1) is 0 Å². The van der Waals surface area contributed by atoms with Gasteiger partial charge in [0.05, 0.1) is 17.5 Å². The third-order valence-corrected chi connectivity index (χ3v) is 8.64. The van der Waals surface area contributed by atoms with E-state index in [-0.39, 0.29) is 40.1 Å². The first-order valence-corrected chi connectivity index (χ1v) is 15.7. The number of hydrogen-bond acceptors (Lipinski definition) is 9. The molecular weight excluding hydrogens is 589 g/mol. The lowest BCUT2D eigenvalue weighted by Gasteiger charge is -2.15. The Kier molecular flexibility index (Phi) is 18.4. The van der Waals surface area contributed by atoms with Gasteiger partial charge in [-0.2, -0.15) is 0 Å². The summed E-state index contributed by atoms with van der Waals surface area (Å²) in [6, 6.07) is 29.2. The molecule has 0 saturated carbocycles. The molecule has 42 heavy (non-hydrogen) atoms. The second kappa shape index (κ2) is 20.5. The van der Waals surface area contributed by atoms with Crippen molar-refractivity contribution in [2.24, 2.45) is 0 Å². The number of carbonyl (C=O) groups excluding carboxylic acids is 3. The quantitative estimate of drug-likeness (QED) is 0.139. The number of aliphatic hydroxyl groups excluding tert-OH is 2. The summed E-state index contributed by atoms with van der Waals surface area (Å²) in [4.78, 5) is 35.5. The van der Waals surface area contributed by atoms with E-state index in [1.54, 1.807) is 13.8 Å². The predicted molar refractivity (Wildman–Crippen MR) is 176 cm³/mol. The Labute approximate surface area is 264 Å². The lowest BCUT2D eigenvalue weighted by Crippen LogP contribution is -2.27. The highest BCUT2D eigenvalue weighted by molar-refractivity contribution is 8.00. The van der Waals surface area contributed by atoms with Gasteiger partial charge in [0, 0.05) is 19.9 Å². The van der Waals surface area contributed by atoms with Crippen LogP contribution < -0.4 is 0 Å². The number of thiol groups is 1. The van der Waals surface area contributed by atoms with Crippen molar-refractivity contribution in [2.75, 3.05) is 0 Å². The molecule has 1 fully saturated rings. The minimum absolute atomic E-state index is 0.00820. The van der Waals surface area contributed by atoms with E-state index in [0.29, 0.717) is 0 Å². The molecule has 228 valence electrons. The lowest BCUT2D eigenvalue weighted by molar-refractivity contribution is -0.124. The van der Waals surface area contributed by atoms with Crippen LogP contribution in [0.1, 0.15) is 41.5 Å². The number of aliphatic hydroxyl groups is 2. The first-order valence-electron chi connectivity index (χ1n) is 13.5. The van der Waals surface area contributed by atoms with Gasteiger partial charge in [-0.3, -0.25) is 14.4 Å². The minimum atomic E-state index is -0.875. The Morgan fingerprint density at radius 3 is 1.40 bits per heavy atom. The Balaban J connectivity index is 0.000000294.